The first-order valence-corrected chi connectivity index (χ1v) is 53.6. The van der Waals surface area contributed by atoms with Crippen molar-refractivity contribution in [1.29, 1.82) is 0 Å². The number of carbonyl (C=O) groups excluding carboxylic acids is 4. The second-order valence-electron chi connectivity index (χ2n) is 34.5. The normalized spacial score (nSPS) is 16.9. The topological polar surface area (TPSA) is 397 Å². The Labute approximate surface area is 838 Å². The Hall–Kier alpha value is -12.7. The summed E-state index contributed by atoms with van der Waals surface area (Å²) in [6.07, 6.45) is 16.9. The highest BCUT2D eigenvalue weighted by atomic mass is 35.5. The lowest BCUT2D eigenvalue weighted by atomic mass is 9.84. The first kappa shape index (κ1) is 102. The number of nitrogens with two attached hydrogens (primary N) is 1. The fourth-order valence-electron chi connectivity index (χ4n) is 18.1. The Morgan fingerprint density at radius 1 is 0.571 bits per heavy atom. The summed E-state index contributed by atoms with van der Waals surface area (Å²) in [6.45, 7) is 13.3. The van der Waals surface area contributed by atoms with E-state index in [0.717, 1.165) is 104 Å². The van der Waals surface area contributed by atoms with E-state index in [2.05, 4.69) is 71.2 Å². The van der Waals surface area contributed by atoms with E-state index in [-0.39, 0.29) is 101 Å². The van der Waals surface area contributed by atoms with Crippen LogP contribution in [0.3, 0.4) is 0 Å². The first-order valence-electron chi connectivity index (χ1n) is 45.9. The van der Waals surface area contributed by atoms with Gasteiger partial charge >= 0.3 is 0 Å². The third-order valence-corrected chi connectivity index (χ3v) is 32.1. The molecular weight excluding hydrogens is 1930 g/mol. The van der Waals surface area contributed by atoms with Crippen molar-refractivity contribution >= 4 is 155 Å². The Morgan fingerprint density at radius 3 is 1.72 bits per heavy atom. The van der Waals surface area contributed by atoms with Crippen molar-refractivity contribution in [2.45, 2.75) is 140 Å². The molecule has 6 aliphatic heterocycles. The van der Waals surface area contributed by atoms with E-state index in [4.69, 9.17) is 17.3 Å². The Balaban J connectivity index is 0.000000231. The number of amides is 4. The number of sulfonamides is 3. The summed E-state index contributed by atoms with van der Waals surface area (Å²) in [6, 6.07) is 58.9. The molecule has 6 aliphatic rings. The number of likely N-dealkylation sites (tertiary alicyclic amines) is 2. The van der Waals surface area contributed by atoms with Gasteiger partial charge in [-0.05, 0) is 282 Å². The van der Waals surface area contributed by atoms with Gasteiger partial charge in [0.2, 0.25) is 23.6 Å². The van der Waals surface area contributed by atoms with Gasteiger partial charge in [0.25, 0.3) is 30.1 Å². The molecule has 13 aromatic rings. The predicted octanol–water partition coefficient (Wildman–Crippen LogP) is 16.4. The number of hydrogen-bond acceptors (Lipinski definition) is 25. The number of piperazine rings is 1. The van der Waals surface area contributed by atoms with Crippen LogP contribution in [0.1, 0.15) is 115 Å². The molecular formula is C100H122ClF2N18O13S6-. The zero-order chi connectivity index (χ0) is 98.8. The van der Waals surface area contributed by atoms with Crippen LogP contribution in [0.2, 0.25) is 5.02 Å². The Morgan fingerprint density at radius 2 is 1.14 bits per heavy atom. The largest absolute Gasteiger partial charge is 0.768 e. The summed E-state index contributed by atoms with van der Waals surface area (Å²) in [5, 5.41) is 20.1. The van der Waals surface area contributed by atoms with Gasteiger partial charge in [-0.25, -0.2) is 59.0 Å². The molecule has 4 saturated heterocycles. The number of piperidine rings is 2. The Bertz CT molecular complexity index is 6610. The number of aliphatic hydroxyl groups is 1. The van der Waals surface area contributed by atoms with Crippen LogP contribution < -0.4 is 44.8 Å². The first-order chi connectivity index (χ1) is 67.3. The van der Waals surface area contributed by atoms with Gasteiger partial charge in [0.15, 0.2) is 10.3 Å². The van der Waals surface area contributed by atoms with Crippen LogP contribution in [0.5, 0.6) is 0 Å². The summed E-state index contributed by atoms with van der Waals surface area (Å²) in [4.78, 5) is 86.3. The van der Waals surface area contributed by atoms with E-state index in [9.17, 15) is 67.1 Å². The second-order valence-corrected chi connectivity index (χ2v) is 42.7. The van der Waals surface area contributed by atoms with Crippen molar-refractivity contribution in [2.75, 3.05) is 118 Å². The molecule has 0 saturated carbocycles. The minimum atomic E-state index is -3.73. The summed E-state index contributed by atoms with van der Waals surface area (Å²) in [5.74, 6) is 0.354. The van der Waals surface area contributed by atoms with Crippen molar-refractivity contribution in [3.8, 4) is 0 Å². The molecule has 5 atom stereocenters. The summed E-state index contributed by atoms with van der Waals surface area (Å²) in [7, 11) is -11.2. The van der Waals surface area contributed by atoms with Crippen molar-refractivity contribution in [3.63, 3.8) is 0 Å². The van der Waals surface area contributed by atoms with Crippen molar-refractivity contribution < 1.29 is 77.1 Å². The number of halogens is 3. The van der Waals surface area contributed by atoms with Gasteiger partial charge in [-0.15, -0.1) is 22.7 Å². The van der Waals surface area contributed by atoms with Crippen molar-refractivity contribution in [3.05, 3.63) is 305 Å². The van der Waals surface area contributed by atoms with E-state index in [0.29, 0.717) is 104 Å². The standard InChI is InChI=1S/C27H30ClN5O3S.C27H30FN5O3S.C22H23FN2O4S.C21H22N4O3S2.C3H4N2S.7H2/c1-19(33-14-2-3-22-17-23(28)6-9-25(22)33)27(34)32-15-11-21(12-16-32)20-4-7-24(8-5-20)37(35,36)31-26-10-13-29-18-30-26;1-20(33-14-4-5-21-19-22(28)7-12-25(21)33)27(34)32-17-15-31(16-18-32)23-8-10-24(11-9-23)37(35,36)30-26-6-2-3-13-29-26;1-15(25-12-9-18-19(23)3-2-4-20(18)25)21(26)24-13-10-22(27,11-14-24)16-5-7-17(8-6-16)30(28)29;26-20-19(22-12-10-16-4-2-1-3-5-16)11-14-25(20)17-6-8-18(9-7-17)30(27,28)24-21-23-13-15-29-21;4-3-5-1-2-6-3;;;;;;;/h4-10,13,17-19,21H,2-3,11-12,14-16H2,1H3,(H,29,30,31);2-3,6-13,19-20H,4-5,14-18H2,1H3,(H,29,30);2-9,12,15,27H,10-11,13-14H2,1H3,(H,28,29);1-9,13,15,19,22H,10-12,14H2,(H,23,24);1-2H,(H2,4,5);7*1H/p-1/t;20-;15-;;;;;;;;;/m.10........./s1. The zero-order valence-electron chi connectivity index (χ0n) is 77.1. The van der Waals surface area contributed by atoms with Crippen molar-refractivity contribution in [1.82, 2.24) is 49.5 Å². The number of carbonyl (C=O) groups is 4. The van der Waals surface area contributed by atoms with E-state index < -0.39 is 52.8 Å². The monoisotopic (exact) mass is 2050 g/mol. The maximum atomic E-state index is 14.0. The lowest BCUT2D eigenvalue weighted by Gasteiger charge is -2.41. The number of aromatic nitrogens is 6. The van der Waals surface area contributed by atoms with Crippen LogP contribution in [0, 0.1) is 11.6 Å². The number of nitrogen functional groups attached to an aromatic ring is 1. The van der Waals surface area contributed by atoms with E-state index in [1.165, 1.54) is 101 Å². The minimum absolute atomic E-state index is 0. The third-order valence-electron chi connectivity index (χ3n) is 25.7. The number of aryl methyl sites for hydroxylation is 2. The summed E-state index contributed by atoms with van der Waals surface area (Å²) < 4.78 is 134. The van der Waals surface area contributed by atoms with Crippen LogP contribution in [0.15, 0.2) is 280 Å². The number of nitrogens with one attached hydrogen (secondary N) is 4. The summed E-state index contributed by atoms with van der Waals surface area (Å²) >= 11 is 6.53. The average molecular weight is 2050 g/mol. The van der Waals surface area contributed by atoms with Gasteiger partial charge in [0.1, 0.15) is 47.7 Å². The molecule has 8 aromatic carbocycles. The molecule has 11 heterocycles. The average Bonchev–Trinajstić information content (AvgIpc) is 1.76. The number of hydrogen-bond donors (Lipinski definition) is 6. The number of anilines is 8. The van der Waals surface area contributed by atoms with E-state index >= 15 is 0 Å². The minimum Gasteiger partial charge on any atom is -0.768 e. The number of benzene rings is 8. The SMILES string of the molecule is CC(C(=O)N1CCC(c2ccc(S(=O)(=O)Nc3ccncn3)cc2)CC1)N1CCCc2cc(Cl)ccc21.C[C@@H](C(=O)N1CCC(O)(c2ccc(S(=O)[O-])cc2)CC1)n1ccc2c(F)cccc21.C[C@H](C(=O)N1CCN(c2ccc(S(=O)(=O)Nc3ccccn3)cc2)CC1)N1CCCc2cc(F)ccc21.Nc1nccs1.O=C1C(NCCc2ccccc2)CCN1c1ccc(S(=O)(=O)Nc2nccs2)cc1.[HH].[HH].[HH].[HH].[HH].[HH].[HH]. The lowest BCUT2D eigenvalue weighted by Crippen LogP contribution is -2.55. The van der Waals surface area contributed by atoms with Crippen LogP contribution in [0.4, 0.5) is 53.4 Å². The molecule has 7 N–H and O–H groups in total. The number of thiazole rings is 2. The highest BCUT2D eigenvalue weighted by Gasteiger charge is 2.40. The third kappa shape index (κ3) is 25.4. The molecule has 40 heteroatoms. The second kappa shape index (κ2) is 46.1. The fraction of sp³-hybridized carbons (Fsp3) is 0.310. The molecule has 31 nitrogen and oxygen atoms in total. The van der Waals surface area contributed by atoms with Gasteiger partial charge < -0.3 is 59.6 Å². The molecule has 4 fully saturated rings. The lowest BCUT2D eigenvalue weighted by molar-refractivity contribution is -0.139. The number of fused-ring (bicyclic) bond motifs is 3. The molecule has 4 amide bonds. The smallest absolute Gasteiger partial charge is 0.263 e. The number of pyridine rings is 1. The van der Waals surface area contributed by atoms with Gasteiger partial charge in [-0.3, -0.25) is 37.6 Å². The number of rotatable bonds is 24. The number of nitrogens with zero attached hydrogens (tertiary/aromatic N) is 13. The molecule has 748 valence electrons. The van der Waals surface area contributed by atoms with Crippen LogP contribution in [0.25, 0.3) is 10.9 Å². The van der Waals surface area contributed by atoms with Gasteiger partial charge in [-0.2, -0.15) is 0 Å². The maximum Gasteiger partial charge on any atom is 0.263 e. The molecule has 3 unspecified atom stereocenters. The summed E-state index contributed by atoms with van der Waals surface area (Å²) in [5.41, 5.74) is 13.5. The Kier molecular flexibility index (Phi) is 33.5. The molecule has 140 heavy (non-hydrogen) atoms. The maximum absolute atomic E-state index is 14.0. The highest BCUT2D eigenvalue weighted by Crippen LogP contribution is 2.39. The molecule has 0 spiro atoms. The fourth-order valence-corrected chi connectivity index (χ4v) is 22.9. The van der Waals surface area contributed by atoms with E-state index in [1.54, 1.807) is 148 Å². The predicted molar refractivity (Wildman–Crippen MR) is 556 cm³/mol. The van der Waals surface area contributed by atoms with Gasteiger partial charge in [0, 0.05) is 162 Å². The molecule has 0 radical (unpaired) electrons. The van der Waals surface area contributed by atoms with Crippen molar-refractivity contribution in [2.24, 2.45) is 0 Å². The zero-order valence-corrected chi connectivity index (χ0v) is 82.7. The van der Waals surface area contributed by atoms with Gasteiger partial charge in [-0.1, -0.05) is 78.3 Å². The van der Waals surface area contributed by atoms with Crippen LogP contribution in [-0.4, -0.2) is 204 Å². The van der Waals surface area contributed by atoms with Crippen LogP contribution >= 0.6 is 34.3 Å². The quantitative estimate of drug-likeness (QED) is 0.0306. The highest BCUT2D eigenvalue weighted by molar-refractivity contribution is 7.93. The van der Waals surface area contributed by atoms with Gasteiger partial charge in [0.05, 0.1) is 31.8 Å². The molecule has 0 aliphatic carbocycles. The van der Waals surface area contributed by atoms with E-state index in [1.807, 2.05) is 77.6 Å². The molecule has 19 rings (SSSR count). The molecule has 5 aromatic heterocycles. The van der Waals surface area contributed by atoms with Crippen LogP contribution in [-0.2, 0) is 85.2 Å². The molecule has 0 bridgehead atoms.